The van der Waals surface area contributed by atoms with Crippen molar-refractivity contribution >= 4 is 0 Å². The topological polar surface area (TPSA) is 0 Å². The fraction of sp³-hybridized carbons (Fsp3) is 0.818. The molecular formula is C11H22. The van der Waals surface area contributed by atoms with Crippen molar-refractivity contribution in [3.8, 4) is 0 Å². The molecule has 0 atom stereocenters. The van der Waals surface area contributed by atoms with E-state index in [0.717, 1.165) is 0 Å². The van der Waals surface area contributed by atoms with Gasteiger partial charge in [0, 0.05) is 0 Å². The van der Waals surface area contributed by atoms with Crippen molar-refractivity contribution in [2.75, 3.05) is 0 Å². The highest BCUT2D eigenvalue weighted by molar-refractivity contribution is 4.88. The SMILES string of the molecule is C1CCCCC1.CC=C(C)C. The van der Waals surface area contributed by atoms with E-state index in [9.17, 15) is 0 Å². The van der Waals surface area contributed by atoms with E-state index in [1.54, 1.807) is 0 Å². The van der Waals surface area contributed by atoms with Crippen molar-refractivity contribution in [2.45, 2.75) is 59.3 Å². The summed E-state index contributed by atoms with van der Waals surface area (Å²) >= 11 is 0. The maximum absolute atomic E-state index is 2.08. The highest BCUT2D eigenvalue weighted by Crippen LogP contribution is 2.15. The normalized spacial score (nSPS) is 16.3. The van der Waals surface area contributed by atoms with Crippen LogP contribution in [0.3, 0.4) is 0 Å². The van der Waals surface area contributed by atoms with Gasteiger partial charge in [0.1, 0.15) is 0 Å². The van der Waals surface area contributed by atoms with Crippen LogP contribution in [-0.4, -0.2) is 0 Å². The maximum atomic E-state index is 2.08. The Morgan fingerprint density at radius 1 is 0.818 bits per heavy atom. The summed E-state index contributed by atoms with van der Waals surface area (Å²) in [5.41, 5.74) is 1.38. The smallest absolute Gasteiger partial charge is 0.0442 e. The van der Waals surface area contributed by atoms with Crippen LogP contribution in [0.2, 0.25) is 0 Å². The molecule has 0 heteroatoms. The van der Waals surface area contributed by atoms with Gasteiger partial charge in [-0.25, -0.2) is 0 Å². The molecule has 1 aliphatic carbocycles. The van der Waals surface area contributed by atoms with Crippen molar-refractivity contribution in [1.29, 1.82) is 0 Å². The van der Waals surface area contributed by atoms with Gasteiger partial charge in [-0.3, -0.25) is 0 Å². The molecule has 0 amide bonds. The Morgan fingerprint density at radius 2 is 1.00 bits per heavy atom. The van der Waals surface area contributed by atoms with Crippen molar-refractivity contribution in [3.63, 3.8) is 0 Å². The summed E-state index contributed by atoms with van der Waals surface area (Å²) in [6, 6.07) is 0. The van der Waals surface area contributed by atoms with E-state index in [4.69, 9.17) is 0 Å². The van der Waals surface area contributed by atoms with Crippen molar-refractivity contribution in [1.82, 2.24) is 0 Å². The minimum absolute atomic E-state index is 1.38. The lowest BCUT2D eigenvalue weighted by atomic mass is 10.0. The first kappa shape index (κ1) is 10.7. The third-order valence-corrected chi connectivity index (χ3v) is 2.08. The van der Waals surface area contributed by atoms with Crippen LogP contribution in [0.25, 0.3) is 0 Å². The van der Waals surface area contributed by atoms with Gasteiger partial charge in [0.15, 0.2) is 0 Å². The standard InChI is InChI=1S/C6H12.C5H10/c1-2-4-6-5-3-1;1-4-5(2)3/h1-6H2;4H,1-3H3. The molecule has 1 rings (SSSR count). The predicted octanol–water partition coefficient (Wildman–Crippen LogP) is 4.31. The first-order valence-corrected chi connectivity index (χ1v) is 4.87. The van der Waals surface area contributed by atoms with E-state index in [1.165, 1.54) is 44.1 Å². The highest BCUT2D eigenvalue weighted by atomic mass is 14.0. The number of hydrogen-bond donors (Lipinski definition) is 0. The molecule has 0 aliphatic heterocycles. The van der Waals surface area contributed by atoms with Gasteiger partial charge < -0.3 is 0 Å². The molecule has 0 radical (unpaired) electrons. The molecule has 0 nitrogen and oxygen atoms in total. The molecular weight excluding hydrogens is 132 g/mol. The van der Waals surface area contributed by atoms with Gasteiger partial charge in [0.25, 0.3) is 0 Å². The molecule has 0 aromatic carbocycles. The fourth-order valence-corrected chi connectivity index (χ4v) is 1.06. The summed E-state index contributed by atoms with van der Waals surface area (Å²) in [6.45, 7) is 6.20. The van der Waals surface area contributed by atoms with Crippen LogP contribution < -0.4 is 0 Å². The van der Waals surface area contributed by atoms with E-state index in [1.807, 2.05) is 6.92 Å². The number of allylic oxidation sites excluding steroid dienone is 2. The Morgan fingerprint density at radius 3 is 1.09 bits per heavy atom. The molecule has 0 aromatic heterocycles. The molecule has 0 spiro atoms. The van der Waals surface area contributed by atoms with E-state index in [2.05, 4.69) is 19.9 Å². The maximum Gasteiger partial charge on any atom is -0.0442 e. The summed E-state index contributed by atoms with van der Waals surface area (Å²) < 4.78 is 0. The molecule has 0 N–H and O–H groups in total. The van der Waals surface area contributed by atoms with Crippen LogP contribution in [0.15, 0.2) is 11.6 Å². The number of rotatable bonds is 0. The van der Waals surface area contributed by atoms with Crippen LogP contribution in [0.1, 0.15) is 59.3 Å². The van der Waals surface area contributed by atoms with Crippen LogP contribution in [0.4, 0.5) is 0 Å². The summed E-state index contributed by atoms with van der Waals surface area (Å²) in [6.07, 6.45) is 11.1. The zero-order valence-electron chi connectivity index (χ0n) is 8.32. The van der Waals surface area contributed by atoms with Gasteiger partial charge in [0.05, 0.1) is 0 Å². The van der Waals surface area contributed by atoms with Crippen LogP contribution in [0.5, 0.6) is 0 Å². The van der Waals surface area contributed by atoms with Gasteiger partial charge in [-0.1, -0.05) is 50.2 Å². The second-order valence-electron chi connectivity index (χ2n) is 3.49. The Hall–Kier alpha value is -0.260. The van der Waals surface area contributed by atoms with Crippen molar-refractivity contribution in [3.05, 3.63) is 11.6 Å². The molecule has 0 heterocycles. The Balaban J connectivity index is 0.000000187. The molecule has 66 valence electrons. The van der Waals surface area contributed by atoms with E-state index in [-0.39, 0.29) is 0 Å². The third kappa shape index (κ3) is 9.74. The largest absolute Gasteiger partial charge is 0.0890 e. The molecule has 0 aromatic rings. The minimum atomic E-state index is 1.38. The van der Waals surface area contributed by atoms with Crippen molar-refractivity contribution < 1.29 is 0 Å². The molecule has 1 aliphatic rings. The summed E-state index contributed by atoms with van der Waals surface area (Å²) in [5, 5.41) is 0. The fourth-order valence-electron chi connectivity index (χ4n) is 1.06. The molecule has 1 saturated carbocycles. The minimum Gasteiger partial charge on any atom is -0.0890 e. The molecule has 1 fully saturated rings. The Kier molecular flexibility index (Phi) is 7.66. The summed E-state index contributed by atoms with van der Waals surface area (Å²) in [7, 11) is 0. The first-order valence-electron chi connectivity index (χ1n) is 4.87. The van der Waals surface area contributed by atoms with Gasteiger partial charge >= 0.3 is 0 Å². The highest BCUT2D eigenvalue weighted by Gasteiger charge is 1.95. The predicted molar refractivity (Wildman–Crippen MR) is 52.8 cm³/mol. The van der Waals surface area contributed by atoms with Gasteiger partial charge in [-0.15, -0.1) is 0 Å². The lowest BCUT2D eigenvalue weighted by molar-refractivity contribution is 0.504. The molecule has 0 bridgehead atoms. The zero-order valence-corrected chi connectivity index (χ0v) is 8.32. The monoisotopic (exact) mass is 154 g/mol. The average Bonchev–Trinajstić information content (AvgIpc) is 2.09. The van der Waals surface area contributed by atoms with Gasteiger partial charge in [0.2, 0.25) is 0 Å². The zero-order chi connectivity index (χ0) is 8.53. The average molecular weight is 154 g/mol. The number of hydrogen-bond acceptors (Lipinski definition) is 0. The molecule has 0 saturated heterocycles. The lowest BCUT2D eigenvalue weighted by Crippen LogP contribution is -1.85. The van der Waals surface area contributed by atoms with E-state index >= 15 is 0 Å². The summed E-state index contributed by atoms with van der Waals surface area (Å²) in [5.74, 6) is 0. The van der Waals surface area contributed by atoms with Crippen LogP contribution in [-0.2, 0) is 0 Å². The lowest BCUT2D eigenvalue weighted by Gasteiger charge is -2.05. The van der Waals surface area contributed by atoms with Gasteiger partial charge in [-0.2, -0.15) is 0 Å². The van der Waals surface area contributed by atoms with Crippen molar-refractivity contribution in [2.24, 2.45) is 0 Å². The summed E-state index contributed by atoms with van der Waals surface area (Å²) in [4.78, 5) is 0. The van der Waals surface area contributed by atoms with Crippen LogP contribution >= 0.6 is 0 Å². The van der Waals surface area contributed by atoms with E-state index in [0.29, 0.717) is 0 Å². The van der Waals surface area contributed by atoms with Crippen LogP contribution in [0, 0.1) is 0 Å². The molecule has 11 heavy (non-hydrogen) atoms. The van der Waals surface area contributed by atoms with Gasteiger partial charge in [-0.05, 0) is 20.8 Å². The quantitative estimate of drug-likeness (QED) is 0.456. The Bertz CT molecular complexity index is 81.1. The molecule has 0 unspecified atom stereocenters. The second kappa shape index (κ2) is 7.84. The second-order valence-corrected chi connectivity index (χ2v) is 3.49. The third-order valence-electron chi connectivity index (χ3n) is 2.08. The van der Waals surface area contributed by atoms with E-state index < -0.39 is 0 Å². The Labute approximate surface area is 71.7 Å². The first-order chi connectivity index (χ1) is 5.27.